The van der Waals surface area contributed by atoms with Crippen LogP contribution in [0.15, 0.2) is 29.6 Å². The van der Waals surface area contributed by atoms with Crippen LogP contribution in [-0.4, -0.2) is 11.5 Å². The molecule has 0 aliphatic carbocycles. The van der Waals surface area contributed by atoms with Crippen LogP contribution >= 0.6 is 11.3 Å². The zero-order chi connectivity index (χ0) is 13.5. The van der Waals surface area contributed by atoms with Gasteiger partial charge in [0.2, 0.25) is 0 Å². The van der Waals surface area contributed by atoms with Crippen molar-refractivity contribution >= 4 is 11.3 Å². The smallest absolute Gasteiger partial charge is 0.131 e. The second-order valence-corrected chi connectivity index (χ2v) is 5.53. The number of hydrogen-bond donors (Lipinski definition) is 1. The molecule has 4 heteroatoms. The number of hydrogen-bond acceptors (Lipinski definition) is 4. The van der Waals surface area contributed by atoms with Crippen molar-refractivity contribution in [2.75, 3.05) is 6.54 Å². The van der Waals surface area contributed by atoms with Crippen LogP contribution in [0.4, 0.5) is 0 Å². The second kappa shape index (κ2) is 7.26. The van der Waals surface area contributed by atoms with Crippen LogP contribution in [0.3, 0.4) is 0 Å². The molecular formula is C15H20N2OS. The third kappa shape index (κ3) is 4.65. The summed E-state index contributed by atoms with van der Waals surface area (Å²) in [6, 6.07) is 8.22. The lowest BCUT2D eigenvalue weighted by Gasteiger charge is -2.07. The normalized spacial score (nSPS) is 10.6. The van der Waals surface area contributed by atoms with E-state index in [1.165, 1.54) is 5.56 Å². The van der Waals surface area contributed by atoms with E-state index in [1.807, 2.05) is 24.4 Å². The van der Waals surface area contributed by atoms with Gasteiger partial charge in [-0.05, 0) is 37.6 Å². The van der Waals surface area contributed by atoms with Crippen molar-refractivity contribution in [3.05, 3.63) is 45.9 Å². The van der Waals surface area contributed by atoms with E-state index < -0.39 is 0 Å². The van der Waals surface area contributed by atoms with Gasteiger partial charge in [-0.25, -0.2) is 4.98 Å². The van der Waals surface area contributed by atoms with Gasteiger partial charge in [0.15, 0.2) is 0 Å². The number of aromatic nitrogens is 1. The molecule has 102 valence electrons. The minimum absolute atomic E-state index is 0.538. The van der Waals surface area contributed by atoms with Crippen LogP contribution in [-0.2, 0) is 13.2 Å². The van der Waals surface area contributed by atoms with Crippen molar-refractivity contribution in [2.24, 2.45) is 0 Å². The lowest BCUT2D eigenvalue weighted by Crippen LogP contribution is -2.13. The zero-order valence-electron chi connectivity index (χ0n) is 11.5. The van der Waals surface area contributed by atoms with Crippen molar-refractivity contribution in [1.29, 1.82) is 0 Å². The molecule has 1 N–H and O–H groups in total. The molecule has 3 nitrogen and oxygen atoms in total. The molecule has 19 heavy (non-hydrogen) atoms. The summed E-state index contributed by atoms with van der Waals surface area (Å²) in [5.74, 6) is 0.904. The summed E-state index contributed by atoms with van der Waals surface area (Å²) < 4.78 is 5.77. The second-order valence-electron chi connectivity index (χ2n) is 4.47. The summed E-state index contributed by atoms with van der Waals surface area (Å²) in [6.07, 6.45) is 1.15. The Labute approximate surface area is 118 Å². The molecule has 0 spiro atoms. The van der Waals surface area contributed by atoms with Crippen LogP contribution in [0.25, 0.3) is 0 Å². The number of nitrogens with zero attached hydrogens (tertiary/aromatic N) is 1. The van der Waals surface area contributed by atoms with Gasteiger partial charge in [-0.3, -0.25) is 0 Å². The van der Waals surface area contributed by atoms with Crippen LogP contribution in [0, 0.1) is 6.92 Å². The van der Waals surface area contributed by atoms with Crippen molar-refractivity contribution in [3.8, 4) is 5.75 Å². The van der Waals surface area contributed by atoms with Gasteiger partial charge in [-0.2, -0.15) is 0 Å². The van der Waals surface area contributed by atoms with Crippen molar-refractivity contribution in [1.82, 2.24) is 10.3 Å². The fraction of sp³-hybridized carbons (Fsp3) is 0.400. The molecule has 1 aromatic carbocycles. The summed E-state index contributed by atoms with van der Waals surface area (Å²) in [5.41, 5.74) is 2.25. The highest BCUT2D eigenvalue weighted by atomic mass is 32.1. The highest BCUT2D eigenvalue weighted by molar-refractivity contribution is 7.09. The average Bonchev–Trinajstić information content (AvgIpc) is 2.83. The lowest BCUT2D eigenvalue weighted by atomic mass is 10.2. The Balaban J connectivity index is 1.87. The number of benzene rings is 1. The van der Waals surface area contributed by atoms with Gasteiger partial charge in [0.05, 0.1) is 10.7 Å². The molecule has 1 heterocycles. The van der Waals surface area contributed by atoms with Crippen LogP contribution < -0.4 is 10.1 Å². The molecule has 0 aliphatic rings. The molecule has 0 aliphatic heterocycles. The van der Waals surface area contributed by atoms with Crippen LogP contribution in [0.1, 0.15) is 29.6 Å². The maximum atomic E-state index is 5.77. The largest absolute Gasteiger partial charge is 0.487 e. The summed E-state index contributed by atoms with van der Waals surface area (Å²) in [4.78, 5) is 4.39. The zero-order valence-corrected chi connectivity index (χ0v) is 12.3. The van der Waals surface area contributed by atoms with E-state index in [0.29, 0.717) is 6.61 Å². The summed E-state index contributed by atoms with van der Waals surface area (Å²) in [5, 5.41) is 6.51. The predicted molar refractivity (Wildman–Crippen MR) is 79.6 cm³/mol. The fourth-order valence-corrected chi connectivity index (χ4v) is 2.38. The van der Waals surface area contributed by atoms with Crippen molar-refractivity contribution in [3.63, 3.8) is 0 Å². The van der Waals surface area contributed by atoms with E-state index in [9.17, 15) is 0 Å². The SMILES string of the molecule is CCCNCc1cccc(OCc2csc(C)n2)c1. The highest BCUT2D eigenvalue weighted by Crippen LogP contribution is 2.16. The Hall–Kier alpha value is -1.39. The molecule has 1 aromatic heterocycles. The predicted octanol–water partition coefficient (Wildman–Crippen LogP) is 3.53. The Bertz CT molecular complexity index is 510. The first-order valence-electron chi connectivity index (χ1n) is 6.61. The van der Waals surface area contributed by atoms with Crippen LogP contribution in [0.2, 0.25) is 0 Å². The van der Waals surface area contributed by atoms with Crippen LogP contribution in [0.5, 0.6) is 5.75 Å². The van der Waals surface area contributed by atoms with E-state index in [2.05, 4.69) is 29.4 Å². The average molecular weight is 276 g/mol. The Morgan fingerprint density at radius 2 is 2.26 bits per heavy atom. The maximum absolute atomic E-state index is 5.77. The van der Waals surface area contributed by atoms with Crippen molar-refractivity contribution in [2.45, 2.75) is 33.4 Å². The standard InChI is InChI=1S/C15H20N2OS/c1-3-7-16-9-13-5-4-6-15(8-13)18-10-14-11-19-12(2)17-14/h4-6,8,11,16H,3,7,9-10H2,1-2H3. The number of aryl methyl sites for hydroxylation is 1. The number of ether oxygens (including phenoxy) is 1. The first-order valence-corrected chi connectivity index (χ1v) is 7.49. The lowest BCUT2D eigenvalue weighted by molar-refractivity contribution is 0.301. The topological polar surface area (TPSA) is 34.1 Å². The van der Waals surface area contributed by atoms with E-state index in [0.717, 1.165) is 36.0 Å². The minimum atomic E-state index is 0.538. The molecule has 0 radical (unpaired) electrons. The Kier molecular flexibility index (Phi) is 5.36. The first kappa shape index (κ1) is 14.0. The highest BCUT2D eigenvalue weighted by Gasteiger charge is 2.01. The van der Waals surface area contributed by atoms with E-state index in [-0.39, 0.29) is 0 Å². The van der Waals surface area contributed by atoms with Gasteiger partial charge >= 0.3 is 0 Å². The Morgan fingerprint density at radius 3 is 3.00 bits per heavy atom. The van der Waals surface area contributed by atoms with Gasteiger partial charge in [0.25, 0.3) is 0 Å². The van der Waals surface area contributed by atoms with E-state index in [4.69, 9.17) is 4.74 Å². The van der Waals surface area contributed by atoms with Gasteiger partial charge in [0.1, 0.15) is 12.4 Å². The molecule has 0 bridgehead atoms. The van der Waals surface area contributed by atoms with E-state index in [1.54, 1.807) is 11.3 Å². The van der Waals surface area contributed by atoms with Gasteiger partial charge in [0, 0.05) is 11.9 Å². The minimum Gasteiger partial charge on any atom is -0.487 e. The number of thiazole rings is 1. The molecule has 0 saturated heterocycles. The molecule has 0 fully saturated rings. The maximum Gasteiger partial charge on any atom is 0.131 e. The quantitative estimate of drug-likeness (QED) is 0.786. The van der Waals surface area contributed by atoms with Gasteiger partial charge in [-0.15, -0.1) is 11.3 Å². The number of rotatable bonds is 7. The van der Waals surface area contributed by atoms with E-state index >= 15 is 0 Å². The first-order chi connectivity index (χ1) is 9.28. The molecular weight excluding hydrogens is 256 g/mol. The van der Waals surface area contributed by atoms with Gasteiger partial charge in [-0.1, -0.05) is 19.1 Å². The summed E-state index contributed by atoms with van der Waals surface area (Å²) >= 11 is 1.66. The third-order valence-corrected chi connectivity index (χ3v) is 3.53. The molecule has 0 amide bonds. The molecule has 2 aromatic rings. The van der Waals surface area contributed by atoms with Crippen molar-refractivity contribution < 1.29 is 4.74 Å². The summed E-state index contributed by atoms with van der Waals surface area (Å²) in [7, 11) is 0. The molecule has 0 unspecified atom stereocenters. The van der Waals surface area contributed by atoms with Gasteiger partial charge < -0.3 is 10.1 Å². The fourth-order valence-electron chi connectivity index (χ4n) is 1.79. The molecule has 2 rings (SSSR count). The monoisotopic (exact) mass is 276 g/mol. The third-order valence-electron chi connectivity index (χ3n) is 2.71. The molecule has 0 saturated carbocycles. The molecule has 0 atom stereocenters. The Morgan fingerprint density at radius 1 is 1.37 bits per heavy atom. The number of nitrogens with one attached hydrogen (secondary N) is 1. The summed E-state index contributed by atoms with van der Waals surface area (Å²) in [6.45, 7) is 6.65.